The predicted molar refractivity (Wildman–Crippen MR) is 183 cm³/mol. The van der Waals surface area contributed by atoms with Gasteiger partial charge >= 0.3 is 272 Å². The molecule has 0 amide bonds. The molecule has 0 radical (unpaired) electrons. The molecule has 1 unspecified atom stereocenters. The standard InChI is InChI=1S/C21H25.C18H25.C3H6.2ClH.Zr/c1-20(2,3)16-9-7-14-11-15-8-10-17(21(4,5)6)13-19(15)18(14)12-16;1-12-3-13(2)17(4-12)11-18-8-14-5-15(9-18)7-16(6-14)10-18;1-3-2;;;/h7,9-10,12-13H,11H2,1-6H3;4,12,14-16H,5-11H2,1-2H3;1-2H3;2*1H;/q;;;;;+2/p-2. The predicted octanol–water partition coefficient (Wildman–Crippen LogP) is 4.77. The van der Waals surface area contributed by atoms with Gasteiger partial charge < -0.3 is 24.8 Å². The molecule has 0 N–H and O–H groups in total. The van der Waals surface area contributed by atoms with E-state index in [9.17, 15) is 0 Å². The fourth-order valence-corrected chi connectivity index (χ4v) is 18.7. The van der Waals surface area contributed by atoms with Crippen LogP contribution in [0.3, 0.4) is 0 Å². The summed E-state index contributed by atoms with van der Waals surface area (Å²) in [4.78, 5) is 0. The second-order valence-electron chi connectivity index (χ2n) is 18.1. The first-order valence-corrected chi connectivity index (χ1v) is 21.2. The quantitative estimate of drug-likeness (QED) is 0.365. The molecule has 2 aromatic rings. The maximum Gasteiger partial charge on any atom is -1.00 e. The van der Waals surface area contributed by atoms with Gasteiger partial charge in [-0.1, -0.05) is 0 Å². The summed E-state index contributed by atoms with van der Waals surface area (Å²) >= 11 is -2.34. The van der Waals surface area contributed by atoms with Crippen LogP contribution in [0, 0.1) is 29.1 Å². The van der Waals surface area contributed by atoms with Crippen molar-refractivity contribution < 1.29 is 46.1 Å². The molecule has 1 atom stereocenters. The van der Waals surface area contributed by atoms with Crippen LogP contribution < -0.4 is 28.1 Å². The third-order valence-electron chi connectivity index (χ3n) is 12.3. The van der Waals surface area contributed by atoms with E-state index < -0.39 is 21.3 Å². The van der Waals surface area contributed by atoms with E-state index in [1.54, 1.807) is 48.0 Å². The van der Waals surface area contributed by atoms with Crippen molar-refractivity contribution in [2.75, 3.05) is 0 Å². The first-order valence-electron chi connectivity index (χ1n) is 17.5. The van der Waals surface area contributed by atoms with E-state index >= 15 is 0 Å². The van der Waals surface area contributed by atoms with E-state index in [1.807, 2.05) is 3.28 Å². The summed E-state index contributed by atoms with van der Waals surface area (Å²) in [6.45, 7) is 24.4. The molecule has 0 aromatic heterocycles. The second kappa shape index (κ2) is 12.3. The molecule has 45 heavy (non-hydrogen) atoms. The Morgan fingerprint density at radius 2 is 1.36 bits per heavy atom. The number of rotatable bonds is 4. The zero-order valence-electron chi connectivity index (χ0n) is 29.7. The molecule has 4 saturated carbocycles. The Bertz CT molecular complexity index is 1560. The fourth-order valence-electron chi connectivity index (χ4n) is 10.6. The maximum atomic E-state index is 2.75. The minimum absolute atomic E-state index is 0. The van der Waals surface area contributed by atoms with Gasteiger partial charge in [0.2, 0.25) is 0 Å². The van der Waals surface area contributed by atoms with Gasteiger partial charge in [-0.15, -0.1) is 0 Å². The van der Waals surface area contributed by atoms with Crippen LogP contribution in [0.5, 0.6) is 0 Å². The first-order chi connectivity index (χ1) is 20.1. The van der Waals surface area contributed by atoms with Crippen LogP contribution in [0.15, 0.2) is 50.8 Å². The molecule has 0 aliphatic heterocycles. The Labute approximate surface area is 295 Å². The van der Waals surface area contributed by atoms with Gasteiger partial charge in [0.05, 0.1) is 0 Å². The first kappa shape index (κ1) is 35.6. The van der Waals surface area contributed by atoms with Crippen LogP contribution in [0.25, 0.3) is 11.1 Å². The minimum Gasteiger partial charge on any atom is -1.00 e. The topological polar surface area (TPSA) is 0 Å². The van der Waals surface area contributed by atoms with Crippen LogP contribution in [0.4, 0.5) is 0 Å². The third kappa shape index (κ3) is 6.28. The van der Waals surface area contributed by atoms with Gasteiger partial charge in [0.25, 0.3) is 0 Å². The zero-order chi connectivity index (χ0) is 30.6. The molecule has 6 aliphatic rings. The van der Waals surface area contributed by atoms with Crippen molar-refractivity contribution in [3.05, 3.63) is 73.1 Å². The molecule has 0 saturated heterocycles. The van der Waals surface area contributed by atoms with E-state index in [0.29, 0.717) is 11.3 Å². The van der Waals surface area contributed by atoms with Crippen molar-refractivity contribution in [3.8, 4) is 11.1 Å². The minimum atomic E-state index is -2.34. The summed E-state index contributed by atoms with van der Waals surface area (Å²) in [6, 6.07) is 12.7. The molecule has 0 nitrogen and oxygen atoms in total. The van der Waals surface area contributed by atoms with E-state index in [1.165, 1.54) is 47.9 Å². The van der Waals surface area contributed by atoms with Gasteiger partial charge in [-0.25, -0.2) is 0 Å². The molecule has 4 bridgehead atoms. The monoisotopic (exact) mass is 720 g/mol. The van der Waals surface area contributed by atoms with Crippen LogP contribution in [-0.2, 0) is 38.5 Å². The Morgan fingerprint density at radius 1 is 0.800 bits per heavy atom. The van der Waals surface area contributed by atoms with Crippen molar-refractivity contribution in [1.82, 2.24) is 0 Å². The Balaban J connectivity index is 0.00000200. The van der Waals surface area contributed by atoms with Crippen LogP contribution in [-0.4, -0.2) is 3.21 Å². The molecule has 8 rings (SSSR count). The van der Waals surface area contributed by atoms with E-state index in [-0.39, 0.29) is 35.6 Å². The zero-order valence-corrected chi connectivity index (χ0v) is 33.7. The number of hydrogen-bond donors (Lipinski definition) is 0. The molecule has 6 aliphatic carbocycles. The largest absolute Gasteiger partial charge is 1.00 e. The van der Waals surface area contributed by atoms with Gasteiger partial charge in [0, 0.05) is 0 Å². The SMILES string of the molecule is CC1=[C]([Zr+2](=[C](C)C)[c]2cc(C(C)(C)C)cc3c2Cc2ccc(C(C)(C)C)cc2-3)C(C)C=C1CC12CC3CC(CC(C3)C1)C2.[Cl-].[Cl-]. The third-order valence-corrected chi connectivity index (χ3v) is 20.6. The average molecular weight is 723 g/mol. The average Bonchev–Trinajstić information content (AvgIpc) is 3.38. The summed E-state index contributed by atoms with van der Waals surface area (Å²) in [5, 5.41) is 0. The number of halogens is 2. The van der Waals surface area contributed by atoms with E-state index in [4.69, 9.17) is 0 Å². The van der Waals surface area contributed by atoms with Crippen molar-refractivity contribution in [2.45, 2.75) is 131 Å². The smallest absolute Gasteiger partial charge is 1.00 e. The Hall–Kier alpha value is -0.747. The number of allylic oxidation sites excluding steroid dienone is 4. The molecular weight excluding hydrogens is 667 g/mol. The van der Waals surface area contributed by atoms with Gasteiger partial charge in [-0.2, -0.15) is 0 Å². The van der Waals surface area contributed by atoms with Crippen molar-refractivity contribution in [1.29, 1.82) is 0 Å². The van der Waals surface area contributed by atoms with Crippen molar-refractivity contribution >= 4 is 6.48 Å². The Morgan fingerprint density at radius 3 is 1.89 bits per heavy atom. The Kier molecular flexibility index (Phi) is 9.71. The van der Waals surface area contributed by atoms with Crippen LogP contribution in [0.2, 0.25) is 0 Å². The molecule has 242 valence electrons. The summed E-state index contributed by atoms with van der Waals surface area (Å²) in [6.07, 6.45) is 14.4. The van der Waals surface area contributed by atoms with E-state index in [2.05, 4.69) is 106 Å². The van der Waals surface area contributed by atoms with Gasteiger partial charge in [0.15, 0.2) is 0 Å². The molecule has 0 spiro atoms. The number of fused-ring (bicyclic) bond motifs is 3. The van der Waals surface area contributed by atoms with E-state index in [0.717, 1.165) is 24.2 Å². The van der Waals surface area contributed by atoms with Gasteiger partial charge in [0.1, 0.15) is 0 Å². The molecule has 4 fully saturated rings. The normalized spacial score (nSPS) is 27.7. The molecule has 2 aromatic carbocycles. The van der Waals surface area contributed by atoms with Crippen LogP contribution in [0.1, 0.15) is 136 Å². The number of benzene rings is 2. The summed E-state index contributed by atoms with van der Waals surface area (Å²) < 4.78 is 5.42. The molecular formula is C42H56Cl2Zr. The van der Waals surface area contributed by atoms with Crippen molar-refractivity contribution in [3.63, 3.8) is 0 Å². The summed E-state index contributed by atoms with van der Waals surface area (Å²) in [7, 11) is 0. The molecule has 3 heteroatoms. The van der Waals surface area contributed by atoms with Gasteiger partial charge in [-0.3, -0.25) is 0 Å². The van der Waals surface area contributed by atoms with Gasteiger partial charge in [-0.05, 0) is 0 Å². The summed E-state index contributed by atoms with van der Waals surface area (Å²) in [5.41, 5.74) is 13.7. The second-order valence-corrected chi connectivity index (χ2v) is 25.0. The maximum absolute atomic E-state index is 2.75. The van der Waals surface area contributed by atoms with Crippen LogP contribution >= 0.6 is 0 Å². The fraction of sp³-hybridized carbons (Fsp3) is 0.595. The van der Waals surface area contributed by atoms with Crippen molar-refractivity contribution in [2.24, 2.45) is 29.1 Å². The molecule has 0 heterocycles. The summed E-state index contributed by atoms with van der Waals surface area (Å²) in [5.74, 6) is 3.71. The number of hydrogen-bond acceptors (Lipinski definition) is 0.